The van der Waals surface area contributed by atoms with Crippen molar-refractivity contribution in [3.63, 3.8) is 0 Å². The van der Waals surface area contributed by atoms with Crippen LogP contribution in [0.4, 0.5) is 0 Å². The van der Waals surface area contributed by atoms with Crippen molar-refractivity contribution >= 4 is 5.97 Å². The molecule has 0 fully saturated rings. The van der Waals surface area contributed by atoms with Gasteiger partial charge >= 0.3 is 5.97 Å². The van der Waals surface area contributed by atoms with Crippen LogP contribution >= 0.6 is 0 Å². The van der Waals surface area contributed by atoms with Gasteiger partial charge < -0.3 is 19.1 Å². The zero-order valence-electron chi connectivity index (χ0n) is 12.5. The third-order valence-electron chi connectivity index (χ3n) is 3.44. The fourth-order valence-electron chi connectivity index (χ4n) is 2.18. The molecule has 1 aromatic carbocycles. The number of carbonyl (C=O) groups is 1. The van der Waals surface area contributed by atoms with E-state index in [4.69, 9.17) is 14.6 Å². The number of ether oxygens (including phenoxy) is 2. The van der Waals surface area contributed by atoms with Crippen LogP contribution in [0.5, 0.6) is 11.5 Å². The number of imidazole rings is 1. The van der Waals surface area contributed by atoms with Crippen LogP contribution in [0, 0.1) is 6.92 Å². The van der Waals surface area contributed by atoms with Gasteiger partial charge in [0, 0.05) is 18.3 Å². The predicted molar refractivity (Wildman–Crippen MR) is 77.8 cm³/mol. The van der Waals surface area contributed by atoms with Gasteiger partial charge in [0.05, 0.1) is 26.3 Å². The number of aliphatic carboxylic acids is 1. The Hall–Kier alpha value is -2.50. The minimum atomic E-state index is -0.893. The molecule has 6 nitrogen and oxygen atoms in total. The summed E-state index contributed by atoms with van der Waals surface area (Å²) < 4.78 is 12.4. The molecule has 2 aromatic rings. The lowest BCUT2D eigenvalue weighted by Crippen LogP contribution is -2.02. The van der Waals surface area contributed by atoms with Crippen molar-refractivity contribution in [2.24, 2.45) is 7.05 Å². The van der Waals surface area contributed by atoms with Crippen molar-refractivity contribution in [2.75, 3.05) is 14.2 Å². The zero-order chi connectivity index (χ0) is 15.6. The highest BCUT2D eigenvalue weighted by atomic mass is 16.5. The molecule has 112 valence electrons. The molecular weight excluding hydrogens is 272 g/mol. The molecule has 0 aliphatic heterocycles. The monoisotopic (exact) mass is 290 g/mol. The van der Waals surface area contributed by atoms with Crippen molar-refractivity contribution in [2.45, 2.75) is 13.3 Å². The third kappa shape index (κ3) is 2.84. The molecule has 0 atom stereocenters. The van der Waals surface area contributed by atoms with E-state index in [1.54, 1.807) is 20.3 Å². The first-order chi connectivity index (χ1) is 9.97. The fourth-order valence-corrected chi connectivity index (χ4v) is 2.18. The normalized spacial score (nSPS) is 10.5. The Morgan fingerprint density at radius 1 is 1.29 bits per heavy atom. The molecule has 0 aliphatic rings. The van der Waals surface area contributed by atoms with Gasteiger partial charge in [-0.1, -0.05) is 0 Å². The summed E-state index contributed by atoms with van der Waals surface area (Å²) in [6.45, 7) is 1.86. The van der Waals surface area contributed by atoms with Crippen molar-refractivity contribution in [3.8, 4) is 22.9 Å². The van der Waals surface area contributed by atoms with Gasteiger partial charge in [-0.3, -0.25) is 4.79 Å². The van der Waals surface area contributed by atoms with Crippen LogP contribution in [0.15, 0.2) is 18.2 Å². The molecule has 0 saturated heterocycles. The Labute approximate surface area is 122 Å². The average molecular weight is 290 g/mol. The lowest BCUT2D eigenvalue weighted by Gasteiger charge is -2.09. The van der Waals surface area contributed by atoms with Gasteiger partial charge in [-0.25, -0.2) is 4.98 Å². The van der Waals surface area contributed by atoms with Crippen LogP contribution in [0.3, 0.4) is 0 Å². The number of aromatic nitrogens is 2. The minimum Gasteiger partial charge on any atom is -0.493 e. The maximum absolute atomic E-state index is 10.9. The Kier molecular flexibility index (Phi) is 4.16. The first-order valence-corrected chi connectivity index (χ1v) is 6.44. The molecule has 0 amide bonds. The largest absolute Gasteiger partial charge is 0.493 e. The lowest BCUT2D eigenvalue weighted by molar-refractivity contribution is -0.136. The van der Waals surface area contributed by atoms with E-state index in [0.717, 1.165) is 11.3 Å². The van der Waals surface area contributed by atoms with Gasteiger partial charge in [0.15, 0.2) is 11.5 Å². The number of hydrogen-bond donors (Lipinski definition) is 1. The van der Waals surface area contributed by atoms with E-state index >= 15 is 0 Å². The summed E-state index contributed by atoms with van der Waals surface area (Å²) >= 11 is 0. The lowest BCUT2D eigenvalue weighted by atomic mass is 10.2. The van der Waals surface area contributed by atoms with Gasteiger partial charge in [0.25, 0.3) is 0 Å². The second-order valence-corrected chi connectivity index (χ2v) is 4.67. The van der Waals surface area contributed by atoms with Crippen molar-refractivity contribution in [3.05, 3.63) is 29.6 Å². The maximum Gasteiger partial charge on any atom is 0.309 e. The summed E-state index contributed by atoms with van der Waals surface area (Å²) in [5.74, 6) is 1.05. The molecule has 0 spiro atoms. The standard InChI is InChI=1S/C15H18N2O4/c1-9-11(8-14(18)19)16-15(17(9)2)10-5-6-12(20-3)13(7-10)21-4/h5-7H,8H2,1-4H3,(H,18,19). The predicted octanol–water partition coefficient (Wildman–Crippen LogP) is 2.04. The average Bonchev–Trinajstić information content (AvgIpc) is 2.74. The van der Waals surface area contributed by atoms with Crippen LogP contribution in [-0.2, 0) is 18.3 Å². The SMILES string of the molecule is COc1ccc(-c2nc(CC(=O)O)c(C)n2C)cc1OC. The number of carboxylic acid groups (broad SMARTS) is 1. The number of hydrogen-bond acceptors (Lipinski definition) is 4. The molecule has 2 rings (SSSR count). The highest BCUT2D eigenvalue weighted by Gasteiger charge is 2.16. The quantitative estimate of drug-likeness (QED) is 0.912. The van der Waals surface area contributed by atoms with Crippen molar-refractivity contribution < 1.29 is 19.4 Å². The third-order valence-corrected chi connectivity index (χ3v) is 3.44. The fraction of sp³-hybridized carbons (Fsp3) is 0.333. The molecular formula is C15H18N2O4. The maximum atomic E-state index is 10.9. The van der Waals surface area contributed by atoms with Crippen LogP contribution in [0.25, 0.3) is 11.4 Å². The first-order valence-electron chi connectivity index (χ1n) is 6.44. The van der Waals surface area contributed by atoms with Crippen LogP contribution in [-0.4, -0.2) is 34.8 Å². The molecule has 0 aliphatic carbocycles. The second kappa shape index (κ2) is 5.87. The Balaban J connectivity index is 2.49. The van der Waals surface area contributed by atoms with Gasteiger partial charge in [-0.15, -0.1) is 0 Å². The van der Waals surface area contributed by atoms with Crippen LogP contribution in [0.1, 0.15) is 11.4 Å². The van der Waals surface area contributed by atoms with Crippen LogP contribution < -0.4 is 9.47 Å². The van der Waals surface area contributed by atoms with Gasteiger partial charge in [0.2, 0.25) is 0 Å². The Bertz CT molecular complexity index is 677. The topological polar surface area (TPSA) is 73.6 Å². The Morgan fingerprint density at radius 2 is 1.95 bits per heavy atom. The molecule has 0 radical (unpaired) electrons. The molecule has 1 heterocycles. The van der Waals surface area contributed by atoms with E-state index in [1.165, 1.54) is 0 Å². The molecule has 21 heavy (non-hydrogen) atoms. The molecule has 1 N–H and O–H groups in total. The van der Waals surface area contributed by atoms with Gasteiger partial charge in [0.1, 0.15) is 5.82 Å². The van der Waals surface area contributed by atoms with E-state index in [2.05, 4.69) is 4.98 Å². The number of rotatable bonds is 5. The number of carboxylic acids is 1. The Morgan fingerprint density at radius 3 is 2.52 bits per heavy atom. The van der Waals surface area contributed by atoms with E-state index in [9.17, 15) is 4.79 Å². The van der Waals surface area contributed by atoms with E-state index in [1.807, 2.05) is 30.7 Å². The highest BCUT2D eigenvalue weighted by Crippen LogP contribution is 2.32. The summed E-state index contributed by atoms with van der Waals surface area (Å²) in [4.78, 5) is 15.3. The number of benzene rings is 1. The molecule has 6 heteroatoms. The van der Waals surface area contributed by atoms with E-state index in [-0.39, 0.29) is 6.42 Å². The smallest absolute Gasteiger partial charge is 0.309 e. The van der Waals surface area contributed by atoms with Gasteiger partial charge in [-0.05, 0) is 25.1 Å². The van der Waals surface area contributed by atoms with E-state index < -0.39 is 5.97 Å². The summed E-state index contributed by atoms with van der Waals surface area (Å²) in [5, 5.41) is 8.93. The molecule has 0 unspecified atom stereocenters. The zero-order valence-corrected chi connectivity index (χ0v) is 12.5. The second-order valence-electron chi connectivity index (χ2n) is 4.67. The van der Waals surface area contributed by atoms with Crippen LogP contribution in [0.2, 0.25) is 0 Å². The minimum absolute atomic E-state index is 0.0903. The van der Waals surface area contributed by atoms with E-state index in [0.29, 0.717) is 23.0 Å². The highest BCUT2D eigenvalue weighted by molar-refractivity contribution is 5.71. The summed E-state index contributed by atoms with van der Waals surface area (Å²) in [6, 6.07) is 5.49. The molecule has 0 bridgehead atoms. The summed E-state index contributed by atoms with van der Waals surface area (Å²) in [6.07, 6.45) is -0.0903. The van der Waals surface area contributed by atoms with Crippen molar-refractivity contribution in [1.82, 2.24) is 9.55 Å². The molecule has 0 saturated carbocycles. The number of methoxy groups -OCH3 is 2. The first kappa shape index (κ1) is 14.9. The van der Waals surface area contributed by atoms with Gasteiger partial charge in [-0.2, -0.15) is 0 Å². The number of nitrogens with zero attached hydrogens (tertiary/aromatic N) is 2. The summed E-state index contributed by atoms with van der Waals surface area (Å²) in [5.41, 5.74) is 2.24. The molecule has 1 aromatic heterocycles. The van der Waals surface area contributed by atoms with Crippen molar-refractivity contribution in [1.29, 1.82) is 0 Å². The summed E-state index contributed by atoms with van der Waals surface area (Å²) in [7, 11) is 5.01.